The Morgan fingerprint density at radius 3 is 2.84 bits per heavy atom. The molecule has 0 aliphatic rings. The van der Waals surface area contributed by atoms with Gasteiger partial charge in [-0.05, 0) is 25.5 Å². The number of furan rings is 1. The molecule has 19 heavy (non-hydrogen) atoms. The van der Waals surface area contributed by atoms with E-state index in [0.29, 0.717) is 6.42 Å². The first kappa shape index (κ1) is 13.6. The molecule has 2 unspecified atom stereocenters. The minimum Gasteiger partial charge on any atom is -0.459 e. The molecule has 1 amide bonds. The lowest BCUT2D eigenvalue weighted by atomic mass is 10.1. The predicted octanol–water partition coefficient (Wildman–Crippen LogP) is 2.74. The number of nitrogens with one attached hydrogen (secondary N) is 1. The molecule has 0 saturated carbocycles. The van der Waals surface area contributed by atoms with Crippen LogP contribution >= 0.6 is 0 Å². The third-order valence-electron chi connectivity index (χ3n) is 3.17. The van der Waals surface area contributed by atoms with Gasteiger partial charge in [-0.3, -0.25) is 4.79 Å². The highest BCUT2D eigenvalue weighted by Crippen LogP contribution is 2.23. The first-order chi connectivity index (χ1) is 9.11. The van der Waals surface area contributed by atoms with Gasteiger partial charge in [-0.25, -0.2) is 0 Å². The predicted molar refractivity (Wildman–Crippen MR) is 75.7 cm³/mol. The fourth-order valence-electron chi connectivity index (χ4n) is 2.05. The molecule has 1 aromatic carbocycles. The van der Waals surface area contributed by atoms with Gasteiger partial charge in [0.05, 0.1) is 12.1 Å². The summed E-state index contributed by atoms with van der Waals surface area (Å²) in [5.74, 6) is 0.619. The number of hydrogen-bond donors (Lipinski definition) is 2. The zero-order valence-electron chi connectivity index (χ0n) is 11.3. The molecule has 0 spiro atoms. The van der Waals surface area contributed by atoms with Crippen LogP contribution in [-0.4, -0.2) is 11.9 Å². The zero-order valence-corrected chi connectivity index (χ0v) is 11.3. The van der Waals surface area contributed by atoms with Crippen molar-refractivity contribution in [3.63, 3.8) is 0 Å². The van der Waals surface area contributed by atoms with E-state index in [4.69, 9.17) is 10.2 Å². The molecule has 3 N–H and O–H groups in total. The van der Waals surface area contributed by atoms with E-state index >= 15 is 0 Å². The summed E-state index contributed by atoms with van der Waals surface area (Å²) in [6.07, 6.45) is 1.59. The maximum atomic E-state index is 11.9. The Balaban J connectivity index is 2.07. The van der Waals surface area contributed by atoms with E-state index in [1.165, 1.54) is 0 Å². The Hall–Kier alpha value is -1.81. The van der Waals surface area contributed by atoms with Crippen molar-refractivity contribution in [3.05, 3.63) is 36.1 Å². The van der Waals surface area contributed by atoms with Crippen LogP contribution in [0, 0.1) is 0 Å². The quantitative estimate of drug-likeness (QED) is 0.868. The Bertz CT molecular complexity index is 529. The molecule has 2 aromatic rings. The molecule has 0 saturated heterocycles. The largest absolute Gasteiger partial charge is 0.459 e. The van der Waals surface area contributed by atoms with E-state index in [1.807, 2.05) is 44.2 Å². The Labute approximate surface area is 113 Å². The molecule has 0 radical (unpaired) electrons. The number of fused-ring (bicyclic) bond motifs is 1. The fraction of sp³-hybridized carbons (Fsp3) is 0.400. The topological polar surface area (TPSA) is 68.3 Å². The van der Waals surface area contributed by atoms with Gasteiger partial charge in [-0.15, -0.1) is 0 Å². The van der Waals surface area contributed by atoms with E-state index in [1.54, 1.807) is 0 Å². The Kier molecular flexibility index (Phi) is 4.22. The fourth-order valence-corrected chi connectivity index (χ4v) is 2.05. The summed E-state index contributed by atoms with van der Waals surface area (Å²) in [4.78, 5) is 11.9. The molecule has 0 aliphatic carbocycles. The van der Waals surface area contributed by atoms with Crippen molar-refractivity contribution in [2.45, 2.75) is 38.8 Å². The number of nitrogens with two attached hydrogens (primary N) is 1. The van der Waals surface area contributed by atoms with Crippen molar-refractivity contribution in [2.75, 3.05) is 0 Å². The van der Waals surface area contributed by atoms with Gasteiger partial charge in [0.2, 0.25) is 5.91 Å². The first-order valence-electron chi connectivity index (χ1n) is 6.66. The van der Waals surface area contributed by atoms with Crippen molar-refractivity contribution >= 4 is 16.9 Å². The Morgan fingerprint density at radius 2 is 2.16 bits per heavy atom. The van der Waals surface area contributed by atoms with Gasteiger partial charge in [-0.2, -0.15) is 0 Å². The molecule has 2 rings (SSSR count). The summed E-state index contributed by atoms with van der Waals surface area (Å²) in [5, 5.41) is 3.92. The van der Waals surface area contributed by atoms with E-state index in [2.05, 4.69) is 5.32 Å². The average molecular weight is 260 g/mol. The molecule has 1 heterocycles. The summed E-state index contributed by atoms with van der Waals surface area (Å²) in [6.45, 7) is 3.91. The minimum absolute atomic E-state index is 0.130. The van der Waals surface area contributed by atoms with Crippen molar-refractivity contribution in [3.8, 4) is 0 Å². The standard InChI is InChI=1S/C15H20N2O2/c1-3-6-12(16)15(18)17-10(2)14-9-11-7-4-5-8-13(11)19-14/h4-5,7-10,12H,3,6,16H2,1-2H3,(H,17,18). The van der Waals surface area contributed by atoms with Crippen LogP contribution in [0.4, 0.5) is 0 Å². The second kappa shape index (κ2) is 5.89. The molecule has 0 fully saturated rings. The summed E-state index contributed by atoms with van der Waals surface area (Å²) < 4.78 is 5.71. The number of benzene rings is 1. The molecule has 4 heteroatoms. The highest BCUT2D eigenvalue weighted by atomic mass is 16.3. The number of amides is 1. The van der Waals surface area contributed by atoms with Crippen molar-refractivity contribution < 1.29 is 9.21 Å². The molecule has 2 atom stereocenters. The van der Waals surface area contributed by atoms with Gasteiger partial charge in [-0.1, -0.05) is 31.5 Å². The molecular weight excluding hydrogens is 240 g/mol. The van der Waals surface area contributed by atoms with Crippen LogP contribution in [0.5, 0.6) is 0 Å². The van der Waals surface area contributed by atoms with Gasteiger partial charge in [0.15, 0.2) is 0 Å². The third kappa shape index (κ3) is 3.15. The van der Waals surface area contributed by atoms with Crippen LogP contribution < -0.4 is 11.1 Å². The zero-order chi connectivity index (χ0) is 13.8. The molecule has 0 aliphatic heterocycles. The number of rotatable bonds is 5. The van der Waals surface area contributed by atoms with Gasteiger partial charge >= 0.3 is 0 Å². The minimum atomic E-state index is -0.447. The number of hydrogen-bond acceptors (Lipinski definition) is 3. The van der Waals surface area contributed by atoms with Crippen molar-refractivity contribution in [1.82, 2.24) is 5.32 Å². The second-order valence-electron chi connectivity index (χ2n) is 4.81. The molecule has 1 aromatic heterocycles. The first-order valence-corrected chi connectivity index (χ1v) is 6.66. The van der Waals surface area contributed by atoms with Gasteiger partial charge < -0.3 is 15.5 Å². The summed E-state index contributed by atoms with van der Waals surface area (Å²) in [7, 11) is 0. The maximum Gasteiger partial charge on any atom is 0.237 e. The molecule has 0 bridgehead atoms. The van der Waals surface area contributed by atoms with Crippen LogP contribution in [0.1, 0.15) is 38.5 Å². The van der Waals surface area contributed by atoms with Crippen LogP contribution in [0.2, 0.25) is 0 Å². The number of para-hydroxylation sites is 1. The lowest BCUT2D eigenvalue weighted by molar-refractivity contribution is -0.123. The van der Waals surface area contributed by atoms with Crippen molar-refractivity contribution in [1.29, 1.82) is 0 Å². The van der Waals surface area contributed by atoms with E-state index < -0.39 is 6.04 Å². The van der Waals surface area contributed by atoms with Gasteiger partial charge in [0.1, 0.15) is 11.3 Å². The smallest absolute Gasteiger partial charge is 0.237 e. The van der Waals surface area contributed by atoms with E-state index in [9.17, 15) is 4.79 Å². The number of carbonyl (C=O) groups is 1. The third-order valence-corrected chi connectivity index (χ3v) is 3.17. The van der Waals surface area contributed by atoms with Crippen LogP contribution in [0.25, 0.3) is 11.0 Å². The SMILES string of the molecule is CCCC(N)C(=O)NC(C)c1cc2ccccc2o1. The Morgan fingerprint density at radius 1 is 1.42 bits per heavy atom. The second-order valence-corrected chi connectivity index (χ2v) is 4.81. The monoisotopic (exact) mass is 260 g/mol. The molecule has 4 nitrogen and oxygen atoms in total. The lowest BCUT2D eigenvalue weighted by Gasteiger charge is -2.15. The average Bonchev–Trinajstić information content (AvgIpc) is 2.82. The summed E-state index contributed by atoms with van der Waals surface area (Å²) >= 11 is 0. The lowest BCUT2D eigenvalue weighted by Crippen LogP contribution is -2.41. The highest BCUT2D eigenvalue weighted by Gasteiger charge is 2.18. The van der Waals surface area contributed by atoms with Crippen LogP contribution in [0.3, 0.4) is 0 Å². The van der Waals surface area contributed by atoms with Gasteiger partial charge in [0, 0.05) is 5.39 Å². The number of carbonyl (C=O) groups excluding carboxylic acids is 1. The summed E-state index contributed by atoms with van der Waals surface area (Å²) in [5.41, 5.74) is 6.62. The summed E-state index contributed by atoms with van der Waals surface area (Å²) in [6, 6.07) is 9.11. The van der Waals surface area contributed by atoms with Crippen LogP contribution in [0.15, 0.2) is 34.7 Å². The maximum absolute atomic E-state index is 11.9. The van der Waals surface area contributed by atoms with E-state index in [0.717, 1.165) is 23.2 Å². The van der Waals surface area contributed by atoms with Crippen molar-refractivity contribution in [2.24, 2.45) is 5.73 Å². The van der Waals surface area contributed by atoms with Crippen LogP contribution in [-0.2, 0) is 4.79 Å². The van der Waals surface area contributed by atoms with Gasteiger partial charge in [0.25, 0.3) is 0 Å². The van der Waals surface area contributed by atoms with E-state index in [-0.39, 0.29) is 11.9 Å². The molecular formula is C15H20N2O2. The molecule has 102 valence electrons. The normalized spacial score (nSPS) is 14.3. The highest BCUT2D eigenvalue weighted by molar-refractivity contribution is 5.82.